The first kappa shape index (κ1) is 20.3. The van der Waals surface area contributed by atoms with Gasteiger partial charge in [-0.1, -0.05) is 67.7 Å². The van der Waals surface area contributed by atoms with Crippen LogP contribution in [0.2, 0.25) is 0 Å². The summed E-state index contributed by atoms with van der Waals surface area (Å²) in [5, 5.41) is 0.569. The van der Waals surface area contributed by atoms with Gasteiger partial charge in [0.2, 0.25) is 0 Å². The van der Waals surface area contributed by atoms with Crippen LogP contribution in [0.3, 0.4) is 0 Å². The van der Waals surface area contributed by atoms with Crippen LogP contribution in [0.5, 0.6) is 0 Å². The summed E-state index contributed by atoms with van der Waals surface area (Å²) in [4.78, 5) is 0. The molecule has 1 heteroatoms. The van der Waals surface area contributed by atoms with Crippen LogP contribution in [0.1, 0.15) is 87.0 Å². The Kier molecular flexibility index (Phi) is 11.2. The van der Waals surface area contributed by atoms with E-state index in [4.69, 9.17) is 12.6 Å². The van der Waals surface area contributed by atoms with Crippen molar-refractivity contribution in [3.05, 3.63) is 0 Å². The third kappa shape index (κ3) is 7.96. The maximum Gasteiger partial charge on any atom is 0.00681 e. The van der Waals surface area contributed by atoms with Gasteiger partial charge in [0.05, 0.1) is 0 Å². The third-order valence-electron chi connectivity index (χ3n) is 5.04. The first-order chi connectivity index (χ1) is 9.33. The van der Waals surface area contributed by atoms with Crippen molar-refractivity contribution in [2.45, 2.75) is 92.2 Å². The van der Waals surface area contributed by atoms with E-state index in [1.807, 2.05) is 0 Å². The fourth-order valence-electron chi connectivity index (χ4n) is 3.15. The van der Waals surface area contributed by atoms with Crippen molar-refractivity contribution in [3.63, 3.8) is 0 Å². The smallest absolute Gasteiger partial charge is 0.00681 e. The molecular weight excluding hydrogens is 260 g/mol. The summed E-state index contributed by atoms with van der Waals surface area (Å²) in [6, 6.07) is 0. The normalized spacial score (nSPS) is 18.3. The van der Waals surface area contributed by atoms with Crippen molar-refractivity contribution < 1.29 is 0 Å². The molecule has 0 saturated carbocycles. The molecule has 0 amide bonds. The van der Waals surface area contributed by atoms with E-state index in [1.165, 1.54) is 38.5 Å². The fourth-order valence-corrected chi connectivity index (χ4v) is 3.42. The Morgan fingerprint density at radius 2 is 1.40 bits per heavy atom. The standard InChI is InChI=1S/C19H40S/c1-8-10-11-17(19(20)15(5)6)13-18(14(3)4)12-16(7)9-2/h14-20H,8-13H2,1-7H3. The Morgan fingerprint density at radius 1 is 0.800 bits per heavy atom. The van der Waals surface area contributed by atoms with Crippen LogP contribution in [0, 0.1) is 29.6 Å². The second-order valence-electron chi connectivity index (χ2n) is 7.63. The van der Waals surface area contributed by atoms with Crippen molar-refractivity contribution in [2.24, 2.45) is 29.6 Å². The number of unbranched alkanes of at least 4 members (excludes halogenated alkanes) is 1. The summed E-state index contributed by atoms with van der Waals surface area (Å²) < 4.78 is 0. The summed E-state index contributed by atoms with van der Waals surface area (Å²) in [6.45, 7) is 16.5. The van der Waals surface area contributed by atoms with Gasteiger partial charge in [0.15, 0.2) is 0 Å². The van der Waals surface area contributed by atoms with Gasteiger partial charge in [0, 0.05) is 5.25 Å². The van der Waals surface area contributed by atoms with Crippen LogP contribution in [-0.4, -0.2) is 5.25 Å². The molecule has 0 heterocycles. The number of hydrogen-bond acceptors (Lipinski definition) is 1. The fraction of sp³-hybridized carbons (Fsp3) is 1.00. The zero-order chi connectivity index (χ0) is 15.7. The van der Waals surface area contributed by atoms with E-state index in [1.54, 1.807) is 0 Å². The van der Waals surface area contributed by atoms with Crippen LogP contribution in [0.15, 0.2) is 0 Å². The van der Waals surface area contributed by atoms with Gasteiger partial charge < -0.3 is 0 Å². The Balaban J connectivity index is 4.69. The molecule has 0 bridgehead atoms. The highest BCUT2D eigenvalue weighted by atomic mass is 32.1. The minimum Gasteiger partial charge on any atom is -0.175 e. The Labute approximate surface area is 134 Å². The van der Waals surface area contributed by atoms with Crippen LogP contribution < -0.4 is 0 Å². The predicted molar refractivity (Wildman–Crippen MR) is 97.6 cm³/mol. The van der Waals surface area contributed by atoms with E-state index in [2.05, 4.69) is 48.5 Å². The minimum absolute atomic E-state index is 0.569. The molecule has 0 spiro atoms. The van der Waals surface area contributed by atoms with Gasteiger partial charge in [-0.3, -0.25) is 0 Å². The largest absolute Gasteiger partial charge is 0.175 e. The van der Waals surface area contributed by atoms with Crippen molar-refractivity contribution in [3.8, 4) is 0 Å². The first-order valence-corrected chi connectivity index (χ1v) is 9.53. The molecule has 0 aliphatic rings. The van der Waals surface area contributed by atoms with Gasteiger partial charge in [0.25, 0.3) is 0 Å². The topological polar surface area (TPSA) is 0 Å². The summed E-state index contributed by atoms with van der Waals surface area (Å²) in [7, 11) is 0. The van der Waals surface area contributed by atoms with Gasteiger partial charge in [-0.15, -0.1) is 0 Å². The molecule has 0 rings (SSSR count). The molecule has 0 aliphatic heterocycles. The highest BCUT2D eigenvalue weighted by molar-refractivity contribution is 7.81. The van der Waals surface area contributed by atoms with E-state index < -0.39 is 0 Å². The molecule has 0 N–H and O–H groups in total. The molecule has 0 aliphatic carbocycles. The Morgan fingerprint density at radius 3 is 1.80 bits per heavy atom. The van der Waals surface area contributed by atoms with Crippen molar-refractivity contribution in [1.82, 2.24) is 0 Å². The minimum atomic E-state index is 0.569. The average Bonchev–Trinajstić information content (AvgIpc) is 2.40. The maximum atomic E-state index is 4.95. The van der Waals surface area contributed by atoms with E-state index in [0.717, 1.165) is 23.7 Å². The third-order valence-corrected chi connectivity index (χ3v) is 6.06. The summed E-state index contributed by atoms with van der Waals surface area (Å²) in [5.74, 6) is 4.04. The Hall–Kier alpha value is 0.350. The van der Waals surface area contributed by atoms with Crippen LogP contribution >= 0.6 is 12.6 Å². The summed E-state index contributed by atoms with van der Waals surface area (Å²) >= 11 is 4.95. The lowest BCUT2D eigenvalue weighted by Gasteiger charge is -2.33. The number of thiol groups is 1. The van der Waals surface area contributed by atoms with E-state index in [-0.39, 0.29) is 0 Å². The van der Waals surface area contributed by atoms with Gasteiger partial charge in [0.1, 0.15) is 0 Å². The Bertz CT molecular complexity index is 222. The van der Waals surface area contributed by atoms with Crippen LogP contribution in [-0.2, 0) is 0 Å². The van der Waals surface area contributed by atoms with Crippen molar-refractivity contribution in [1.29, 1.82) is 0 Å². The first-order valence-electron chi connectivity index (χ1n) is 9.01. The highest BCUT2D eigenvalue weighted by Crippen LogP contribution is 2.35. The number of hydrogen-bond donors (Lipinski definition) is 1. The van der Waals surface area contributed by atoms with Crippen molar-refractivity contribution >= 4 is 12.6 Å². The lowest BCUT2D eigenvalue weighted by atomic mass is 9.76. The van der Waals surface area contributed by atoms with Gasteiger partial charge in [-0.05, 0) is 48.9 Å². The lowest BCUT2D eigenvalue weighted by molar-refractivity contribution is 0.224. The molecule has 0 fully saturated rings. The molecule has 0 aromatic rings. The molecule has 20 heavy (non-hydrogen) atoms. The van der Waals surface area contributed by atoms with E-state index in [9.17, 15) is 0 Å². The monoisotopic (exact) mass is 300 g/mol. The summed E-state index contributed by atoms with van der Waals surface area (Å²) in [6.07, 6.45) is 8.14. The SMILES string of the molecule is CCCCC(CC(CC(C)CC)C(C)C)C(S)C(C)C. The second-order valence-corrected chi connectivity index (χ2v) is 8.22. The molecule has 0 saturated heterocycles. The molecule has 4 atom stereocenters. The molecule has 0 nitrogen and oxygen atoms in total. The zero-order valence-electron chi connectivity index (χ0n) is 15.2. The van der Waals surface area contributed by atoms with Gasteiger partial charge >= 0.3 is 0 Å². The van der Waals surface area contributed by atoms with Gasteiger partial charge in [-0.25, -0.2) is 0 Å². The van der Waals surface area contributed by atoms with Crippen molar-refractivity contribution in [2.75, 3.05) is 0 Å². The van der Waals surface area contributed by atoms with Crippen LogP contribution in [0.4, 0.5) is 0 Å². The number of rotatable bonds is 11. The molecular formula is C19H40S. The molecule has 4 unspecified atom stereocenters. The van der Waals surface area contributed by atoms with Crippen LogP contribution in [0.25, 0.3) is 0 Å². The quantitative estimate of drug-likeness (QED) is 0.396. The lowest BCUT2D eigenvalue weighted by Crippen LogP contribution is -2.26. The second kappa shape index (κ2) is 11.0. The molecule has 0 radical (unpaired) electrons. The molecule has 122 valence electrons. The molecule has 0 aromatic heterocycles. The maximum absolute atomic E-state index is 4.95. The molecule has 0 aromatic carbocycles. The summed E-state index contributed by atoms with van der Waals surface area (Å²) in [5.41, 5.74) is 0. The average molecular weight is 301 g/mol. The van der Waals surface area contributed by atoms with E-state index in [0.29, 0.717) is 11.2 Å². The predicted octanol–water partition coefficient (Wildman–Crippen LogP) is 6.85. The zero-order valence-corrected chi connectivity index (χ0v) is 16.0. The highest BCUT2D eigenvalue weighted by Gasteiger charge is 2.26. The van der Waals surface area contributed by atoms with E-state index >= 15 is 0 Å². The van der Waals surface area contributed by atoms with Gasteiger partial charge in [-0.2, -0.15) is 12.6 Å².